The van der Waals surface area contributed by atoms with Gasteiger partial charge in [0.15, 0.2) is 24.1 Å². The number of hydrogen-bond acceptors (Lipinski definition) is 3. The SMILES string of the molecule is CCc1cccc(NC(N)=NCc2ccc(OCC(F)(F)F)c(OC)c2)c1. The molecule has 0 amide bonds. The van der Waals surface area contributed by atoms with E-state index in [2.05, 4.69) is 17.2 Å². The fraction of sp³-hybridized carbons (Fsp3) is 0.316. The summed E-state index contributed by atoms with van der Waals surface area (Å²) in [5, 5.41) is 3.01. The van der Waals surface area contributed by atoms with Crippen LogP contribution in [0.5, 0.6) is 11.5 Å². The van der Waals surface area contributed by atoms with Crippen LogP contribution in [0.3, 0.4) is 0 Å². The minimum absolute atomic E-state index is 0.0185. The van der Waals surface area contributed by atoms with Crippen molar-refractivity contribution in [2.45, 2.75) is 26.1 Å². The van der Waals surface area contributed by atoms with Crippen molar-refractivity contribution in [2.75, 3.05) is 19.0 Å². The fourth-order valence-electron chi connectivity index (χ4n) is 2.32. The quantitative estimate of drug-likeness (QED) is 0.559. The number of methoxy groups -OCH3 is 1. The van der Waals surface area contributed by atoms with Gasteiger partial charge in [0.05, 0.1) is 13.7 Å². The Labute approximate surface area is 156 Å². The highest BCUT2D eigenvalue weighted by atomic mass is 19.4. The molecule has 0 spiro atoms. The van der Waals surface area contributed by atoms with Gasteiger partial charge in [-0.05, 0) is 41.8 Å². The normalized spacial score (nSPS) is 12.0. The number of aryl methyl sites for hydroxylation is 1. The molecule has 0 aliphatic heterocycles. The van der Waals surface area contributed by atoms with Crippen LogP contribution in [0.25, 0.3) is 0 Å². The number of nitrogens with one attached hydrogen (secondary N) is 1. The van der Waals surface area contributed by atoms with Gasteiger partial charge in [0.1, 0.15) is 0 Å². The number of anilines is 1. The average molecular weight is 381 g/mol. The molecule has 0 heterocycles. The smallest absolute Gasteiger partial charge is 0.422 e. The van der Waals surface area contributed by atoms with E-state index in [0.29, 0.717) is 0 Å². The van der Waals surface area contributed by atoms with Gasteiger partial charge in [-0.3, -0.25) is 0 Å². The summed E-state index contributed by atoms with van der Waals surface area (Å²) >= 11 is 0. The fourth-order valence-corrected chi connectivity index (χ4v) is 2.32. The Morgan fingerprint density at radius 3 is 2.56 bits per heavy atom. The predicted molar refractivity (Wildman–Crippen MR) is 99.3 cm³/mol. The standard InChI is InChI=1S/C19H22F3N3O2/c1-3-13-5-4-6-15(9-13)25-18(23)24-11-14-7-8-16(17(10-14)26-2)27-12-19(20,21)22/h4-10H,3,11-12H2,1-2H3,(H3,23,24,25). The predicted octanol–water partition coefficient (Wildman–Crippen LogP) is 4.13. The lowest BCUT2D eigenvalue weighted by Gasteiger charge is -2.13. The lowest BCUT2D eigenvalue weighted by atomic mass is 10.1. The molecule has 27 heavy (non-hydrogen) atoms. The van der Waals surface area contributed by atoms with E-state index in [1.165, 1.54) is 18.7 Å². The molecule has 0 radical (unpaired) electrons. The van der Waals surface area contributed by atoms with E-state index in [1.54, 1.807) is 12.1 Å². The third-order valence-electron chi connectivity index (χ3n) is 3.66. The van der Waals surface area contributed by atoms with Gasteiger partial charge in [0, 0.05) is 5.69 Å². The van der Waals surface area contributed by atoms with Gasteiger partial charge in [0.25, 0.3) is 0 Å². The molecule has 0 aromatic heterocycles. The number of ether oxygens (including phenoxy) is 2. The maximum atomic E-state index is 12.3. The lowest BCUT2D eigenvalue weighted by molar-refractivity contribution is -0.153. The molecule has 5 nitrogen and oxygen atoms in total. The summed E-state index contributed by atoms with van der Waals surface area (Å²) in [5.41, 5.74) is 8.63. The van der Waals surface area contributed by atoms with Crippen molar-refractivity contribution in [2.24, 2.45) is 10.7 Å². The number of alkyl halides is 3. The van der Waals surface area contributed by atoms with E-state index in [4.69, 9.17) is 15.2 Å². The Morgan fingerprint density at radius 1 is 1.11 bits per heavy atom. The molecule has 3 N–H and O–H groups in total. The summed E-state index contributed by atoms with van der Waals surface area (Å²) in [5.74, 6) is 0.457. The van der Waals surface area contributed by atoms with E-state index < -0.39 is 12.8 Å². The first-order valence-electron chi connectivity index (χ1n) is 8.33. The second kappa shape index (κ2) is 9.16. The van der Waals surface area contributed by atoms with Crippen LogP contribution < -0.4 is 20.5 Å². The van der Waals surface area contributed by atoms with E-state index in [1.807, 2.05) is 24.3 Å². The molecule has 2 rings (SSSR count). The number of hydrogen-bond donors (Lipinski definition) is 2. The highest BCUT2D eigenvalue weighted by molar-refractivity contribution is 5.92. The van der Waals surface area contributed by atoms with Crippen LogP contribution in [0.1, 0.15) is 18.1 Å². The maximum absolute atomic E-state index is 12.3. The zero-order valence-corrected chi connectivity index (χ0v) is 15.1. The molecule has 0 fully saturated rings. The molecular weight excluding hydrogens is 359 g/mol. The Balaban J connectivity index is 2.02. The number of rotatable bonds is 7. The zero-order chi connectivity index (χ0) is 19.9. The van der Waals surface area contributed by atoms with Gasteiger partial charge >= 0.3 is 6.18 Å². The minimum Gasteiger partial charge on any atom is -0.493 e. The summed E-state index contributed by atoms with van der Waals surface area (Å²) in [4.78, 5) is 4.24. The lowest BCUT2D eigenvalue weighted by Crippen LogP contribution is -2.22. The van der Waals surface area contributed by atoms with E-state index in [-0.39, 0.29) is 24.0 Å². The summed E-state index contributed by atoms with van der Waals surface area (Å²) in [6.07, 6.45) is -3.50. The highest BCUT2D eigenvalue weighted by Gasteiger charge is 2.29. The third kappa shape index (κ3) is 6.73. The van der Waals surface area contributed by atoms with Crippen LogP contribution in [0.15, 0.2) is 47.5 Å². The van der Waals surface area contributed by atoms with Crippen LogP contribution in [-0.2, 0) is 13.0 Å². The van der Waals surface area contributed by atoms with Crippen LogP contribution >= 0.6 is 0 Å². The van der Waals surface area contributed by atoms with Crippen molar-refractivity contribution in [3.8, 4) is 11.5 Å². The van der Waals surface area contributed by atoms with Gasteiger partial charge in [-0.1, -0.05) is 25.1 Å². The Morgan fingerprint density at radius 2 is 1.89 bits per heavy atom. The van der Waals surface area contributed by atoms with Crippen molar-refractivity contribution in [3.05, 3.63) is 53.6 Å². The molecule has 0 saturated carbocycles. The van der Waals surface area contributed by atoms with Crippen molar-refractivity contribution in [1.29, 1.82) is 0 Å². The van der Waals surface area contributed by atoms with Gasteiger partial charge < -0.3 is 20.5 Å². The first-order valence-corrected chi connectivity index (χ1v) is 8.33. The molecule has 0 unspecified atom stereocenters. The van der Waals surface area contributed by atoms with E-state index in [9.17, 15) is 13.2 Å². The highest BCUT2D eigenvalue weighted by Crippen LogP contribution is 2.30. The van der Waals surface area contributed by atoms with Gasteiger partial charge in [-0.25, -0.2) is 4.99 Å². The van der Waals surface area contributed by atoms with E-state index in [0.717, 1.165) is 17.7 Å². The Kier molecular flexibility index (Phi) is 6.92. The van der Waals surface area contributed by atoms with Gasteiger partial charge in [-0.2, -0.15) is 13.2 Å². The molecule has 0 aliphatic carbocycles. The van der Waals surface area contributed by atoms with Crippen molar-refractivity contribution >= 4 is 11.6 Å². The second-order valence-corrected chi connectivity index (χ2v) is 5.77. The first kappa shape index (κ1) is 20.4. The van der Waals surface area contributed by atoms with Crippen molar-refractivity contribution in [1.82, 2.24) is 0 Å². The maximum Gasteiger partial charge on any atom is 0.422 e. The minimum atomic E-state index is -4.41. The van der Waals surface area contributed by atoms with Crippen LogP contribution in [0.4, 0.5) is 18.9 Å². The van der Waals surface area contributed by atoms with Crippen molar-refractivity contribution in [3.63, 3.8) is 0 Å². The topological polar surface area (TPSA) is 68.9 Å². The molecule has 8 heteroatoms. The van der Waals surface area contributed by atoms with Gasteiger partial charge in [-0.15, -0.1) is 0 Å². The molecule has 0 saturated heterocycles. The second-order valence-electron chi connectivity index (χ2n) is 5.77. The number of aliphatic imine (C=N–C) groups is 1. The summed E-state index contributed by atoms with van der Waals surface area (Å²) < 4.78 is 46.7. The van der Waals surface area contributed by atoms with Crippen LogP contribution in [0, 0.1) is 0 Å². The summed E-state index contributed by atoms with van der Waals surface area (Å²) in [7, 11) is 1.36. The first-order chi connectivity index (χ1) is 12.8. The number of nitrogens with zero attached hydrogens (tertiary/aromatic N) is 1. The Hall–Kier alpha value is -2.90. The number of nitrogens with two attached hydrogens (primary N) is 1. The summed E-state index contributed by atoms with van der Waals surface area (Å²) in [6, 6.07) is 12.4. The molecule has 2 aromatic carbocycles. The molecule has 0 atom stereocenters. The van der Waals surface area contributed by atoms with Gasteiger partial charge in [0.2, 0.25) is 0 Å². The average Bonchev–Trinajstić information content (AvgIpc) is 2.64. The zero-order valence-electron chi connectivity index (χ0n) is 15.1. The molecular formula is C19H22F3N3O2. The molecule has 0 bridgehead atoms. The van der Waals surface area contributed by atoms with Crippen LogP contribution in [0.2, 0.25) is 0 Å². The third-order valence-corrected chi connectivity index (χ3v) is 3.66. The number of guanidine groups is 1. The summed E-state index contributed by atoms with van der Waals surface area (Å²) in [6.45, 7) is 0.919. The monoisotopic (exact) mass is 381 g/mol. The molecule has 2 aromatic rings. The number of benzene rings is 2. The van der Waals surface area contributed by atoms with E-state index >= 15 is 0 Å². The number of halogens is 3. The largest absolute Gasteiger partial charge is 0.493 e. The van der Waals surface area contributed by atoms with Crippen LogP contribution in [-0.4, -0.2) is 25.9 Å². The Bertz CT molecular complexity index is 792. The molecule has 146 valence electrons. The molecule has 0 aliphatic rings. The van der Waals surface area contributed by atoms with Crippen molar-refractivity contribution < 1.29 is 22.6 Å².